The number of amides is 2. The van der Waals surface area contributed by atoms with Crippen LogP contribution in [0.4, 0.5) is 13.2 Å². The normalized spacial score (nSPS) is 12.2. The van der Waals surface area contributed by atoms with Crippen LogP contribution in [0.25, 0.3) is 22.5 Å². The zero-order valence-electron chi connectivity index (χ0n) is 28.0. The quantitative estimate of drug-likeness (QED) is 0.103. The molecule has 2 aromatic heterocycles. The maximum absolute atomic E-state index is 16.1. The standard InChI is InChI=1S/C40H35F3N4O4/c1-23(25-11-6-4-7-12-25)50-34-21-33(47-37(34)39(48)44-3)30-16-10-15-27(36(30)43)22-45-40(49)38-35(51-24(2)26-13-8-5-9-14-26)20-32(46-38)29-18-17-28(41)19-31(29)42/h4-21,23-24,46-47H,22H2,1-3H3,(H,44,48)(H,45,49)/t23-,24-/m0/s1. The largest absolute Gasteiger partial charge is 0.484 e. The summed E-state index contributed by atoms with van der Waals surface area (Å²) >= 11 is 0. The fourth-order valence-corrected chi connectivity index (χ4v) is 5.67. The van der Waals surface area contributed by atoms with Crippen molar-refractivity contribution in [2.75, 3.05) is 7.05 Å². The van der Waals surface area contributed by atoms with Gasteiger partial charge in [0.15, 0.2) is 11.5 Å². The van der Waals surface area contributed by atoms with Gasteiger partial charge in [0.25, 0.3) is 11.8 Å². The molecule has 0 fully saturated rings. The minimum atomic E-state index is -0.822. The minimum Gasteiger partial charge on any atom is -0.484 e. The predicted molar refractivity (Wildman–Crippen MR) is 188 cm³/mol. The lowest BCUT2D eigenvalue weighted by atomic mass is 10.1. The van der Waals surface area contributed by atoms with Crippen LogP contribution in [-0.4, -0.2) is 28.8 Å². The molecule has 8 nitrogen and oxygen atoms in total. The molecule has 4 aromatic carbocycles. The highest BCUT2D eigenvalue weighted by Gasteiger charge is 2.24. The van der Waals surface area contributed by atoms with Gasteiger partial charge in [0.2, 0.25) is 0 Å². The molecule has 0 saturated carbocycles. The number of ether oxygens (including phenoxy) is 2. The van der Waals surface area contributed by atoms with Crippen LogP contribution in [0.1, 0.15) is 63.7 Å². The number of carbonyl (C=O) groups is 2. The number of carbonyl (C=O) groups excluding carboxylic acids is 2. The molecule has 0 saturated heterocycles. The molecule has 0 spiro atoms. The van der Waals surface area contributed by atoms with Crippen LogP contribution >= 0.6 is 0 Å². The van der Waals surface area contributed by atoms with Gasteiger partial charge in [-0.15, -0.1) is 0 Å². The molecule has 0 bridgehead atoms. The highest BCUT2D eigenvalue weighted by Crippen LogP contribution is 2.34. The Kier molecular flexibility index (Phi) is 10.3. The van der Waals surface area contributed by atoms with E-state index in [1.807, 2.05) is 67.6 Å². The number of aromatic nitrogens is 2. The van der Waals surface area contributed by atoms with E-state index in [4.69, 9.17) is 9.47 Å². The molecule has 11 heteroatoms. The Morgan fingerprint density at radius 3 is 1.76 bits per heavy atom. The lowest BCUT2D eigenvalue weighted by Gasteiger charge is -2.15. The minimum absolute atomic E-state index is 0.0259. The Hall–Kier alpha value is -6.23. The number of hydrogen-bond donors (Lipinski definition) is 4. The zero-order chi connectivity index (χ0) is 36.1. The SMILES string of the molecule is CNC(=O)c1[nH]c(-c2cccc(CNC(=O)c3[nH]c(-c4ccc(F)cc4F)cc3O[C@@H](C)c3ccccc3)c2F)cc1O[C@@H](C)c1ccccc1. The summed E-state index contributed by atoms with van der Waals surface area (Å²) < 4.78 is 56.8. The van der Waals surface area contributed by atoms with E-state index in [1.165, 1.54) is 25.2 Å². The summed E-state index contributed by atoms with van der Waals surface area (Å²) in [5, 5.41) is 5.30. The van der Waals surface area contributed by atoms with E-state index in [-0.39, 0.29) is 51.8 Å². The number of halogens is 3. The molecule has 2 amide bonds. The van der Waals surface area contributed by atoms with Gasteiger partial charge < -0.3 is 30.1 Å². The first-order valence-corrected chi connectivity index (χ1v) is 16.3. The van der Waals surface area contributed by atoms with Crippen LogP contribution in [0.2, 0.25) is 0 Å². The number of hydrogen-bond acceptors (Lipinski definition) is 4. The summed E-state index contributed by atoms with van der Waals surface area (Å²) in [6, 6.07) is 29.7. The Balaban J connectivity index is 1.26. The molecule has 0 radical (unpaired) electrons. The van der Waals surface area contributed by atoms with Crippen molar-refractivity contribution >= 4 is 11.8 Å². The molecular formula is C40H35F3N4O4. The number of aromatic amines is 2. The Labute approximate surface area is 292 Å². The second-order valence-corrected chi connectivity index (χ2v) is 11.9. The first kappa shape index (κ1) is 34.6. The summed E-state index contributed by atoms with van der Waals surface area (Å²) in [5.41, 5.74) is 2.69. The van der Waals surface area contributed by atoms with Gasteiger partial charge in [0.1, 0.15) is 41.0 Å². The maximum Gasteiger partial charge on any atom is 0.271 e. The highest BCUT2D eigenvalue weighted by molar-refractivity contribution is 5.97. The molecule has 260 valence electrons. The van der Waals surface area contributed by atoms with Crippen LogP contribution in [-0.2, 0) is 6.54 Å². The second kappa shape index (κ2) is 15.1. The van der Waals surface area contributed by atoms with Crippen molar-refractivity contribution in [2.45, 2.75) is 32.6 Å². The third-order valence-corrected chi connectivity index (χ3v) is 8.42. The van der Waals surface area contributed by atoms with Crippen molar-refractivity contribution in [1.29, 1.82) is 0 Å². The first-order chi connectivity index (χ1) is 24.6. The van der Waals surface area contributed by atoms with Crippen LogP contribution in [0.15, 0.2) is 109 Å². The van der Waals surface area contributed by atoms with Crippen molar-refractivity contribution in [1.82, 2.24) is 20.6 Å². The number of rotatable bonds is 12. The Bertz CT molecular complexity index is 2170. The van der Waals surface area contributed by atoms with Gasteiger partial charge in [0.05, 0.1) is 11.4 Å². The molecule has 0 aliphatic heterocycles. The summed E-state index contributed by atoms with van der Waals surface area (Å²) in [7, 11) is 1.49. The molecule has 6 rings (SSSR count). The lowest BCUT2D eigenvalue weighted by Crippen LogP contribution is -2.24. The van der Waals surface area contributed by atoms with Crippen LogP contribution < -0.4 is 20.1 Å². The average molecular weight is 693 g/mol. The van der Waals surface area contributed by atoms with Crippen LogP contribution in [0.3, 0.4) is 0 Å². The second-order valence-electron chi connectivity index (χ2n) is 11.9. The predicted octanol–water partition coefficient (Wildman–Crippen LogP) is 8.66. The van der Waals surface area contributed by atoms with E-state index < -0.39 is 41.5 Å². The van der Waals surface area contributed by atoms with Gasteiger partial charge >= 0.3 is 0 Å². The Morgan fingerprint density at radius 2 is 1.22 bits per heavy atom. The molecule has 0 aliphatic carbocycles. The van der Waals surface area contributed by atoms with Gasteiger partial charge in [-0.2, -0.15) is 0 Å². The topological polar surface area (TPSA) is 108 Å². The van der Waals surface area contributed by atoms with Gasteiger partial charge in [-0.1, -0.05) is 72.8 Å². The molecule has 0 aliphatic rings. The summed E-state index contributed by atoms with van der Waals surface area (Å²) in [5.74, 6) is -2.90. The molecular weight excluding hydrogens is 657 g/mol. The van der Waals surface area contributed by atoms with Crippen molar-refractivity contribution in [3.8, 4) is 34.0 Å². The fraction of sp³-hybridized carbons (Fsp3) is 0.150. The van der Waals surface area contributed by atoms with Crippen molar-refractivity contribution in [3.05, 3.63) is 155 Å². The van der Waals surface area contributed by atoms with Crippen LogP contribution in [0, 0.1) is 17.5 Å². The Morgan fingerprint density at radius 1 is 0.667 bits per heavy atom. The summed E-state index contributed by atoms with van der Waals surface area (Å²) in [4.78, 5) is 32.3. The summed E-state index contributed by atoms with van der Waals surface area (Å²) in [6.07, 6.45) is -0.888. The third kappa shape index (κ3) is 7.67. The van der Waals surface area contributed by atoms with Gasteiger partial charge in [-0.25, -0.2) is 13.2 Å². The molecule has 2 atom stereocenters. The highest BCUT2D eigenvalue weighted by atomic mass is 19.1. The van der Waals surface area contributed by atoms with E-state index in [1.54, 1.807) is 25.1 Å². The maximum atomic E-state index is 16.1. The van der Waals surface area contributed by atoms with Crippen molar-refractivity contribution in [3.63, 3.8) is 0 Å². The molecule has 51 heavy (non-hydrogen) atoms. The number of nitrogens with one attached hydrogen (secondary N) is 4. The summed E-state index contributed by atoms with van der Waals surface area (Å²) in [6.45, 7) is 3.43. The molecule has 2 heterocycles. The van der Waals surface area contributed by atoms with E-state index in [0.717, 1.165) is 23.3 Å². The third-order valence-electron chi connectivity index (χ3n) is 8.42. The van der Waals surface area contributed by atoms with Crippen LogP contribution in [0.5, 0.6) is 11.5 Å². The van der Waals surface area contributed by atoms with E-state index in [2.05, 4.69) is 20.6 Å². The zero-order valence-corrected chi connectivity index (χ0v) is 28.0. The molecule has 6 aromatic rings. The molecule has 0 unspecified atom stereocenters. The number of benzene rings is 4. The monoisotopic (exact) mass is 692 g/mol. The molecule has 4 N–H and O–H groups in total. The van der Waals surface area contributed by atoms with Gasteiger partial charge in [-0.05, 0) is 43.2 Å². The van der Waals surface area contributed by atoms with Gasteiger partial charge in [-0.3, -0.25) is 9.59 Å². The van der Waals surface area contributed by atoms with E-state index in [0.29, 0.717) is 5.69 Å². The average Bonchev–Trinajstić information content (AvgIpc) is 3.75. The number of H-pyrrole nitrogens is 2. The lowest BCUT2D eigenvalue weighted by molar-refractivity contribution is 0.0935. The van der Waals surface area contributed by atoms with E-state index >= 15 is 4.39 Å². The van der Waals surface area contributed by atoms with Crippen molar-refractivity contribution in [2.24, 2.45) is 0 Å². The first-order valence-electron chi connectivity index (χ1n) is 16.3. The van der Waals surface area contributed by atoms with Crippen molar-refractivity contribution < 1.29 is 32.2 Å². The fourth-order valence-electron chi connectivity index (χ4n) is 5.67. The smallest absolute Gasteiger partial charge is 0.271 e. The van der Waals surface area contributed by atoms with E-state index in [9.17, 15) is 18.4 Å². The van der Waals surface area contributed by atoms with Gasteiger partial charge in [0, 0.05) is 48.5 Å².